The van der Waals surface area contributed by atoms with E-state index in [9.17, 15) is 43.1 Å². The number of carbonyl (C=O) groups excluding carboxylic acids is 2. The number of hydrogen-bond acceptors (Lipinski definition) is 16. The normalized spacial score (nSPS) is 20.5. The number of carbonyl (C=O) groups is 2. The maximum atomic E-state index is 14.3. The molecule has 7 rings (SSSR count). The molecule has 3 unspecified atom stereocenters. The number of phosphoric ester groups is 1. The van der Waals surface area contributed by atoms with Crippen molar-refractivity contribution in [3.8, 4) is 0 Å². The number of anilines is 2. The van der Waals surface area contributed by atoms with Gasteiger partial charge in [0.05, 0.1) is 19.0 Å². The number of hydrogen-bond donors (Lipinski definition) is 6. The molecule has 2 aliphatic carbocycles. The lowest BCUT2D eigenvalue weighted by Gasteiger charge is -2.39. The Balaban J connectivity index is 0.842. The van der Waals surface area contributed by atoms with E-state index in [1.54, 1.807) is 11.9 Å². The number of rotatable bonds is 23. The average molecular weight is 1080 g/mol. The fourth-order valence-electron chi connectivity index (χ4n) is 9.16. The van der Waals surface area contributed by atoms with Gasteiger partial charge in [-0.25, -0.2) is 33.0 Å². The fraction of sp³-hybridized carbons (Fsp3) is 0.458. The number of ether oxygens (including phenoxy) is 1. The predicted molar refractivity (Wildman–Crippen MR) is 274 cm³/mol. The highest BCUT2D eigenvalue weighted by Gasteiger charge is 2.43. The van der Waals surface area contributed by atoms with Gasteiger partial charge in [-0.05, 0) is 76.9 Å². The number of unbranched alkanes of at least 4 members (excludes halogenated alkanes) is 3. The molecule has 0 spiro atoms. The van der Waals surface area contributed by atoms with Gasteiger partial charge in [0.2, 0.25) is 5.91 Å². The van der Waals surface area contributed by atoms with Crippen molar-refractivity contribution in [1.82, 2.24) is 29.7 Å². The molecule has 4 aromatic rings. The summed E-state index contributed by atoms with van der Waals surface area (Å²) >= 11 is 0. The lowest BCUT2D eigenvalue weighted by molar-refractivity contribution is -0.462. The molecule has 0 radical (unpaired) electrons. The molecule has 0 saturated carbocycles. The molecule has 26 heteroatoms. The number of aliphatic hydroxyl groups is 1. The number of aromatic nitrogens is 4. The highest BCUT2D eigenvalue weighted by atomic mass is 31.3. The molecule has 6 atom stereocenters. The first kappa shape index (κ1) is 56.5. The molecule has 0 bridgehead atoms. The van der Waals surface area contributed by atoms with E-state index in [1.807, 2.05) is 52.5 Å². The summed E-state index contributed by atoms with van der Waals surface area (Å²) in [6, 6.07) is 14.4. The minimum atomic E-state index is -5.81. The smallest absolute Gasteiger partial charge is 0.487 e. The fourth-order valence-corrected chi connectivity index (χ4v) is 12.2. The molecule has 23 nitrogen and oxygen atoms in total. The van der Waals surface area contributed by atoms with Crippen molar-refractivity contribution in [1.29, 1.82) is 0 Å². The van der Waals surface area contributed by atoms with Gasteiger partial charge in [-0.15, -0.1) is 0 Å². The van der Waals surface area contributed by atoms with Crippen LogP contribution in [0.1, 0.15) is 92.1 Å². The monoisotopic (exact) mass is 1080 g/mol. The molecule has 74 heavy (non-hydrogen) atoms. The van der Waals surface area contributed by atoms with Crippen LogP contribution in [-0.2, 0) is 41.8 Å². The van der Waals surface area contributed by atoms with Crippen LogP contribution in [0.15, 0.2) is 84.5 Å². The molecule has 1 fully saturated rings. The molecular weight excluding hydrogens is 1020 g/mol. The topological polar surface area (TPSA) is 303 Å². The predicted octanol–water partition coefficient (Wildman–Crippen LogP) is 5.20. The molecule has 1 saturated heterocycles. The highest BCUT2D eigenvalue weighted by Crippen LogP contribution is 2.65. The van der Waals surface area contributed by atoms with Gasteiger partial charge in [0, 0.05) is 82.4 Å². The molecule has 6 N–H and O–H groups in total. The van der Waals surface area contributed by atoms with Crippen LogP contribution in [0.5, 0.6) is 0 Å². The third kappa shape index (κ3) is 13.6. The van der Waals surface area contributed by atoms with Gasteiger partial charge in [-0.2, -0.15) is 4.31 Å². The largest absolute Gasteiger partial charge is 0.756 e. The van der Waals surface area contributed by atoms with E-state index in [-0.39, 0.29) is 30.1 Å². The van der Waals surface area contributed by atoms with Gasteiger partial charge in [0.15, 0.2) is 22.7 Å². The lowest BCUT2D eigenvalue weighted by atomic mass is 9.64. The minimum Gasteiger partial charge on any atom is -0.756 e. The summed E-state index contributed by atoms with van der Waals surface area (Å²) in [7, 11) is -7.09. The van der Waals surface area contributed by atoms with E-state index in [0.29, 0.717) is 48.6 Å². The number of benzene rings is 2. The summed E-state index contributed by atoms with van der Waals surface area (Å²) < 4.78 is 55.8. The van der Waals surface area contributed by atoms with Gasteiger partial charge in [-0.1, -0.05) is 51.0 Å². The van der Waals surface area contributed by atoms with E-state index in [2.05, 4.69) is 98.5 Å². The van der Waals surface area contributed by atoms with Gasteiger partial charge in [0.1, 0.15) is 32.8 Å². The zero-order chi connectivity index (χ0) is 53.8. The maximum absolute atomic E-state index is 14.3. The summed E-state index contributed by atoms with van der Waals surface area (Å²) in [6.45, 7) is 5.19. The van der Waals surface area contributed by atoms with Crippen LogP contribution in [-0.4, -0.2) is 140 Å². The third-order valence-electron chi connectivity index (χ3n) is 13.0. The standard InChI is InChI=1S/C48H64N9O14P3/c1-48(2)37-25-31(54(3)4)18-20-35(37)43(36-21-19-32(55(5)6)26-38(36)48)33-15-10-11-16-34(33)47(60)56(7)24-14-17-41(59)49-22-12-8-9-13-23-50-45-44-46(52-29-51-45)57(30-53-44)42-27-39(58)40(69-42)28-68-73(64,65)71-74(66,67)70-72(61,62)63/h10-11,15-16,18-21,25-26,29-30,39-40,42,58H,8-9,12-14,17,22-24,27-28H2,1-7H3,(H5-,49,50,51,52,59,61,62,63,64,65,66,67)/t39-,40+,42+/m0/s1. The minimum absolute atomic E-state index is 0.0363. The molecule has 3 aliphatic rings. The second-order valence-corrected chi connectivity index (χ2v) is 23.5. The van der Waals surface area contributed by atoms with Gasteiger partial charge in [-0.3, -0.25) is 23.2 Å². The zero-order valence-corrected chi connectivity index (χ0v) is 45.0. The lowest BCUT2D eigenvalue weighted by Crippen LogP contribution is -2.32. The van der Waals surface area contributed by atoms with Crippen molar-refractivity contribution >= 4 is 69.2 Å². The molecule has 2 amide bonds. The molecule has 3 heterocycles. The summed E-state index contributed by atoms with van der Waals surface area (Å²) in [4.78, 5) is 82.4. The summed E-state index contributed by atoms with van der Waals surface area (Å²) in [5.74, 6) is 0.271. The van der Waals surface area contributed by atoms with E-state index < -0.39 is 48.5 Å². The highest BCUT2D eigenvalue weighted by molar-refractivity contribution is 7.66. The first-order valence-electron chi connectivity index (χ1n) is 24.0. The summed E-state index contributed by atoms with van der Waals surface area (Å²) in [6.07, 6.45) is 10.0. The van der Waals surface area contributed by atoms with Crippen molar-refractivity contribution in [2.45, 2.75) is 82.6 Å². The summed E-state index contributed by atoms with van der Waals surface area (Å²) in [5.41, 5.74) is 9.75. The van der Waals surface area contributed by atoms with Crippen LogP contribution >= 0.6 is 23.5 Å². The number of aliphatic hydroxyl groups excluding tert-OH is 1. The van der Waals surface area contributed by atoms with Crippen LogP contribution in [0.4, 0.5) is 11.5 Å². The molecule has 2 aromatic carbocycles. The van der Waals surface area contributed by atoms with Gasteiger partial charge in [0.25, 0.3) is 13.7 Å². The number of phosphoric acid groups is 3. The van der Waals surface area contributed by atoms with Crippen LogP contribution in [0.25, 0.3) is 16.7 Å². The van der Waals surface area contributed by atoms with E-state index >= 15 is 0 Å². The maximum Gasteiger partial charge on any atom is 0.487 e. The number of imidazole rings is 1. The van der Waals surface area contributed by atoms with Crippen molar-refractivity contribution < 1.29 is 70.4 Å². The first-order chi connectivity index (χ1) is 34.9. The Hall–Kier alpha value is -5.25. The second kappa shape index (κ2) is 23.3. The molecular formula is C48H64N9O14P3. The van der Waals surface area contributed by atoms with E-state index in [1.165, 1.54) is 28.4 Å². The number of amides is 2. The van der Waals surface area contributed by atoms with Gasteiger partial charge >= 0.3 is 15.6 Å². The average Bonchev–Trinajstić information content (AvgIpc) is 3.93. The van der Waals surface area contributed by atoms with Crippen molar-refractivity contribution in [2.24, 2.45) is 0 Å². The number of nitrogens with zero attached hydrogens (tertiary/aromatic N) is 7. The van der Waals surface area contributed by atoms with Crippen LogP contribution < -0.4 is 20.4 Å². The van der Waals surface area contributed by atoms with Crippen LogP contribution in [0.2, 0.25) is 0 Å². The van der Waals surface area contributed by atoms with Crippen molar-refractivity contribution in [2.75, 3.05) is 71.7 Å². The van der Waals surface area contributed by atoms with Gasteiger partial charge < -0.3 is 49.9 Å². The van der Waals surface area contributed by atoms with E-state index in [4.69, 9.17) is 9.63 Å². The Morgan fingerprint density at radius 1 is 0.932 bits per heavy atom. The SMILES string of the molecule is CN(CCCC(=O)NCCCCCCNc1ncnc2c1ncn2[C@H]1C[C@H](O)[C@@H](COP(=O)(O)OP(=O)(O)OP(=O)([O-])O)O1)C(=O)c1ccccc1C1=C2C=CC(=[N+](C)C)C=C2C(C)(C)c2cc(N(C)C)ccc21. The van der Waals surface area contributed by atoms with Crippen molar-refractivity contribution in [3.05, 3.63) is 107 Å². The number of nitrogens with one attached hydrogen (secondary N) is 2. The molecule has 400 valence electrons. The Morgan fingerprint density at radius 2 is 1.66 bits per heavy atom. The Labute approximate surface area is 429 Å². The van der Waals surface area contributed by atoms with E-state index in [0.717, 1.165) is 59.4 Å². The quantitative estimate of drug-likeness (QED) is 0.0316. The van der Waals surface area contributed by atoms with Crippen LogP contribution in [0.3, 0.4) is 0 Å². The Kier molecular flexibility index (Phi) is 17.8. The molecule has 2 aromatic heterocycles. The third-order valence-corrected chi connectivity index (χ3v) is 16.8. The summed E-state index contributed by atoms with van der Waals surface area (Å²) in [5, 5.41) is 16.8. The first-order valence-corrected chi connectivity index (χ1v) is 28.5. The van der Waals surface area contributed by atoms with Crippen LogP contribution in [0, 0.1) is 0 Å². The number of fused-ring (bicyclic) bond motifs is 3. The number of allylic oxidation sites excluding steroid dienone is 5. The zero-order valence-electron chi connectivity index (χ0n) is 42.3. The Bertz CT molecular complexity index is 3040. The second-order valence-electron chi connectivity index (χ2n) is 19.2. The van der Waals surface area contributed by atoms with Crippen molar-refractivity contribution in [3.63, 3.8) is 0 Å². The molecule has 1 aliphatic heterocycles. The Morgan fingerprint density at radius 3 is 2.38 bits per heavy atom.